The van der Waals surface area contributed by atoms with Crippen LogP contribution in [0.15, 0.2) is 0 Å². The van der Waals surface area contributed by atoms with Gasteiger partial charge in [-0.25, -0.2) is 0 Å². The van der Waals surface area contributed by atoms with Gasteiger partial charge in [-0.15, -0.1) is 0 Å². The van der Waals surface area contributed by atoms with Crippen LogP contribution in [0.25, 0.3) is 0 Å². The second kappa shape index (κ2) is 11.9. The van der Waals surface area contributed by atoms with Gasteiger partial charge < -0.3 is 19.9 Å². The summed E-state index contributed by atoms with van der Waals surface area (Å²) in [6, 6.07) is 0. The normalized spacial score (nSPS) is 14.7. The van der Waals surface area contributed by atoms with Crippen molar-refractivity contribution in [3.8, 4) is 0 Å². The van der Waals surface area contributed by atoms with Gasteiger partial charge in [-0.2, -0.15) is 0 Å². The van der Waals surface area contributed by atoms with Crippen molar-refractivity contribution >= 4 is 0 Å². The van der Waals surface area contributed by atoms with Gasteiger partial charge in [-0.1, -0.05) is 20.3 Å². The van der Waals surface area contributed by atoms with Gasteiger partial charge in [-0.05, 0) is 26.2 Å². The fraction of sp³-hybridized carbons (Fsp3) is 1.00. The zero-order chi connectivity index (χ0) is 13.7. The summed E-state index contributed by atoms with van der Waals surface area (Å²) in [4.78, 5) is 0. The first-order valence-corrected chi connectivity index (χ1v) is 7.14. The molecule has 0 rings (SSSR count). The lowest BCUT2D eigenvalue weighted by Gasteiger charge is -2.22. The smallest absolute Gasteiger partial charge is 0.0701 e. The molecule has 0 heterocycles. The molecule has 0 radical (unpaired) electrons. The van der Waals surface area contributed by atoms with Crippen molar-refractivity contribution in [2.24, 2.45) is 5.73 Å². The molecule has 0 aromatic rings. The van der Waals surface area contributed by atoms with E-state index in [0.29, 0.717) is 33.0 Å². The Balaban J connectivity index is 3.08. The summed E-state index contributed by atoms with van der Waals surface area (Å²) in [5.41, 5.74) is 5.91. The van der Waals surface area contributed by atoms with E-state index in [0.717, 1.165) is 25.9 Å². The largest absolute Gasteiger partial charge is 0.379 e. The molecule has 0 saturated heterocycles. The number of hydrogen-bond acceptors (Lipinski definition) is 4. The maximum Gasteiger partial charge on any atom is 0.0701 e. The van der Waals surface area contributed by atoms with Gasteiger partial charge >= 0.3 is 0 Å². The summed E-state index contributed by atoms with van der Waals surface area (Å²) >= 11 is 0. The molecule has 0 aliphatic carbocycles. The molecule has 0 bridgehead atoms. The predicted molar refractivity (Wildman–Crippen MR) is 74.9 cm³/mol. The van der Waals surface area contributed by atoms with Crippen LogP contribution < -0.4 is 5.73 Å². The molecule has 4 nitrogen and oxygen atoms in total. The number of unbranched alkanes of at least 4 members (excludes halogenated alkanes) is 1. The van der Waals surface area contributed by atoms with Crippen LogP contribution >= 0.6 is 0 Å². The fourth-order valence-corrected chi connectivity index (χ4v) is 1.27. The molecule has 0 amide bonds. The van der Waals surface area contributed by atoms with E-state index in [-0.39, 0.29) is 5.54 Å². The summed E-state index contributed by atoms with van der Waals surface area (Å²) in [5, 5.41) is 0. The highest BCUT2D eigenvalue weighted by Crippen LogP contribution is 2.09. The Morgan fingerprint density at radius 1 is 0.833 bits per heavy atom. The lowest BCUT2D eigenvalue weighted by atomic mass is 9.97. The summed E-state index contributed by atoms with van der Waals surface area (Å²) in [7, 11) is 0. The van der Waals surface area contributed by atoms with Crippen molar-refractivity contribution in [3.05, 3.63) is 0 Å². The Morgan fingerprint density at radius 3 is 1.83 bits per heavy atom. The third-order valence-electron chi connectivity index (χ3n) is 3.01. The number of rotatable bonds is 13. The Labute approximate surface area is 112 Å². The van der Waals surface area contributed by atoms with Gasteiger partial charge in [0.05, 0.1) is 26.4 Å². The van der Waals surface area contributed by atoms with Crippen molar-refractivity contribution in [2.75, 3.05) is 39.6 Å². The summed E-state index contributed by atoms with van der Waals surface area (Å²) in [6.45, 7) is 10.4. The quantitative estimate of drug-likeness (QED) is 0.517. The van der Waals surface area contributed by atoms with Gasteiger partial charge in [-0.3, -0.25) is 0 Å². The molecule has 2 N–H and O–H groups in total. The molecule has 0 fully saturated rings. The van der Waals surface area contributed by atoms with Crippen LogP contribution in [0.3, 0.4) is 0 Å². The molecule has 0 aliphatic rings. The van der Waals surface area contributed by atoms with Crippen molar-refractivity contribution < 1.29 is 14.2 Å². The standard InChI is InChI=1S/C14H31NO3/c1-4-6-8-16-10-12-18-13-11-17-9-7-14(3,15)5-2/h4-13,15H2,1-3H3. The Kier molecular flexibility index (Phi) is 11.8. The van der Waals surface area contributed by atoms with Gasteiger partial charge in [0.1, 0.15) is 0 Å². The van der Waals surface area contributed by atoms with E-state index in [1.165, 1.54) is 6.42 Å². The molecule has 1 unspecified atom stereocenters. The third kappa shape index (κ3) is 12.3. The average Bonchev–Trinajstić information content (AvgIpc) is 2.36. The highest BCUT2D eigenvalue weighted by atomic mass is 16.5. The molecule has 0 aromatic carbocycles. The van der Waals surface area contributed by atoms with Crippen LogP contribution in [0.4, 0.5) is 0 Å². The van der Waals surface area contributed by atoms with Crippen LogP contribution in [0.2, 0.25) is 0 Å². The maximum atomic E-state index is 6.01. The van der Waals surface area contributed by atoms with Crippen molar-refractivity contribution in [3.63, 3.8) is 0 Å². The highest BCUT2D eigenvalue weighted by Gasteiger charge is 2.14. The van der Waals surface area contributed by atoms with E-state index in [1.54, 1.807) is 0 Å². The summed E-state index contributed by atoms with van der Waals surface area (Å²) in [6.07, 6.45) is 4.16. The molecule has 1 atom stereocenters. The van der Waals surface area contributed by atoms with E-state index in [1.807, 2.05) is 0 Å². The zero-order valence-electron chi connectivity index (χ0n) is 12.4. The van der Waals surface area contributed by atoms with Gasteiger partial charge in [0, 0.05) is 18.8 Å². The Morgan fingerprint density at radius 2 is 1.33 bits per heavy atom. The maximum absolute atomic E-state index is 6.01. The van der Waals surface area contributed by atoms with Crippen LogP contribution in [0, 0.1) is 0 Å². The zero-order valence-corrected chi connectivity index (χ0v) is 12.4. The van der Waals surface area contributed by atoms with Gasteiger partial charge in [0.2, 0.25) is 0 Å². The van der Waals surface area contributed by atoms with Crippen molar-refractivity contribution in [1.29, 1.82) is 0 Å². The second-order valence-electron chi connectivity index (χ2n) is 4.95. The lowest BCUT2D eigenvalue weighted by molar-refractivity contribution is 0.0113. The molecule has 0 aromatic heterocycles. The molecule has 0 aliphatic heterocycles. The van der Waals surface area contributed by atoms with E-state index >= 15 is 0 Å². The average molecular weight is 261 g/mol. The first-order chi connectivity index (χ1) is 8.62. The molecular formula is C14H31NO3. The lowest BCUT2D eigenvalue weighted by Crippen LogP contribution is -2.36. The topological polar surface area (TPSA) is 53.7 Å². The third-order valence-corrected chi connectivity index (χ3v) is 3.01. The molecule has 0 saturated carbocycles. The molecule has 4 heteroatoms. The minimum atomic E-state index is -0.103. The number of nitrogens with two attached hydrogens (primary N) is 1. The minimum Gasteiger partial charge on any atom is -0.379 e. The van der Waals surface area contributed by atoms with Crippen LogP contribution in [-0.4, -0.2) is 45.2 Å². The monoisotopic (exact) mass is 261 g/mol. The summed E-state index contributed by atoms with van der Waals surface area (Å²) in [5.74, 6) is 0. The van der Waals surface area contributed by atoms with E-state index < -0.39 is 0 Å². The van der Waals surface area contributed by atoms with Crippen LogP contribution in [-0.2, 0) is 14.2 Å². The number of hydrogen-bond donors (Lipinski definition) is 1. The van der Waals surface area contributed by atoms with Gasteiger partial charge in [0.25, 0.3) is 0 Å². The summed E-state index contributed by atoms with van der Waals surface area (Å²) < 4.78 is 16.2. The Bertz CT molecular complexity index is 174. The molecule has 110 valence electrons. The van der Waals surface area contributed by atoms with Crippen molar-refractivity contribution in [2.45, 2.75) is 52.0 Å². The second-order valence-corrected chi connectivity index (χ2v) is 4.95. The predicted octanol–water partition coefficient (Wildman–Crippen LogP) is 2.35. The van der Waals surface area contributed by atoms with E-state index in [2.05, 4.69) is 20.8 Å². The molecular weight excluding hydrogens is 230 g/mol. The fourth-order valence-electron chi connectivity index (χ4n) is 1.27. The first kappa shape index (κ1) is 17.8. The highest BCUT2D eigenvalue weighted by molar-refractivity contribution is 4.75. The molecule has 0 spiro atoms. The molecule has 18 heavy (non-hydrogen) atoms. The van der Waals surface area contributed by atoms with Gasteiger partial charge in [0.15, 0.2) is 0 Å². The van der Waals surface area contributed by atoms with Crippen molar-refractivity contribution in [1.82, 2.24) is 0 Å². The van der Waals surface area contributed by atoms with Crippen LogP contribution in [0.1, 0.15) is 46.5 Å². The van der Waals surface area contributed by atoms with Crippen LogP contribution in [0.5, 0.6) is 0 Å². The minimum absolute atomic E-state index is 0.103. The van der Waals surface area contributed by atoms with E-state index in [4.69, 9.17) is 19.9 Å². The first-order valence-electron chi connectivity index (χ1n) is 7.14. The SMILES string of the molecule is CCCCOCCOCCOCCC(C)(N)CC. The van der Waals surface area contributed by atoms with E-state index in [9.17, 15) is 0 Å². The Hall–Kier alpha value is -0.160. The number of ether oxygens (including phenoxy) is 3.